The Hall–Kier alpha value is -0.910. The zero-order chi connectivity index (χ0) is 15.6. The average Bonchev–Trinajstić information content (AvgIpc) is 2.70. The second kappa shape index (κ2) is 6.24. The number of ether oxygens (including phenoxy) is 1. The van der Waals surface area contributed by atoms with Crippen LogP contribution in [0.5, 0.6) is 0 Å². The van der Waals surface area contributed by atoms with Crippen LogP contribution >= 0.6 is 0 Å². The highest BCUT2D eigenvalue weighted by Crippen LogP contribution is 2.19. The maximum atomic E-state index is 11.9. The topological polar surface area (TPSA) is 59.0 Å². The first-order valence-electron chi connectivity index (χ1n) is 6.93. The van der Waals surface area contributed by atoms with Gasteiger partial charge >= 0.3 is 6.09 Å². The average molecular weight is 302 g/mol. The van der Waals surface area contributed by atoms with Crippen molar-refractivity contribution in [1.82, 2.24) is 4.90 Å². The largest absolute Gasteiger partial charge is 0.444 e. The van der Waals surface area contributed by atoms with Crippen LogP contribution in [0.4, 0.5) is 4.79 Å². The molecule has 6 heteroatoms. The van der Waals surface area contributed by atoms with E-state index >= 15 is 0 Å². The van der Waals surface area contributed by atoms with Crippen molar-refractivity contribution < 1.29 is 13.7 Å². The number of amides is 1. The van der Waals surface area contributed by atoms with E-state index in [-0.39, 0.29) is 16.8 Å². The quantitative estimate of drug-likeness (QED) is 0.737. The van der Waals surface area contributed by atoms with Gasteiger partial charge in [0, 0.05) is 25.2 Å². The number of carbonyl (C=O) groups excluding carboxylic acids is 1. The summed E-state index contributed by atoms with van der Waals surface area (Å²) in [6, 6.07) is 0. The third kappa shape index (κ3) is 5.61. The van der Waals surface area contributed by atoms with Crippen molar-refractivity contribution in [3.63, 3.8) is 0 Å². The molecule has 1 heterocycles. The molecule has 0 spiro atoms. The van der Waals surface area contributed by atoms with Crippen molar-refractivity contribution in [1.29, 1.82) is 0 Å². The Kier molecular flexibility index (Phi) is 5.35. The summed E-state index contributed by atoms with van der Waals surface area (Å²) in [6.45, 7) is 12.5. The van der Waals surface area contributed by atoms with Crippen molar-refractivity contribution >= 4 is 23.3 Å². The fraction of sp³-hybridized carbons (Fsp3) is 0.857. The normalized spacial score (nSPS) is 22.3. The highest BCUT2D eigenvalue weighted by molar-refractivity contribution is 7.85. The van der Waals surface area contributed by atoms with Crippen molar-refractivity contribution in [3.05, 3.63) is 0 Å². The summed E-state index contributed by atoms with van der Waals surface area (Å²) in [5.74, 6) is 0.161. The predicted octanol–water partition coefficient (Wildman–Crippen LogP) is 2.78. The Morgan fingerprint density at radius 2 is 1.90 bits per heavy atom. The van der Waals surface area contributed by atoms with Gasteiger partial charge in [-0.1, -0.05) is 0 Å². The Morgan fingerprint density at radius 1 is 1.30 bits per heavy atom. The third-order valence-corrected chi connectivity index (χ3v) is 4.13. The van der Waals surface area contributed by atoms with Crippen molar-refractivity contribution in [2.24, 2.45) is 10.3 Å². The number of carbonyl (C=O) groups is 1. The van der Waals surface area contributed by atoms with Crippen LogP contribution in [0.2, 0.25) is 0 Å². The smallest absolute Gasteiger partial charge is 0.410 e. The summed E-state index contributed by atoms with van der Waals surface area (Å²) < 4.78 is 20.9. The Labute approximate surface area is 124 Å². The molecule has 1 amide bonds. The van der Waals surface area contributed by atoms with Gasteiger partial charge in [0.1, 0.15) is 16.6 Å². The molecule has 116 valence electrons. The molecule has 2 atom stereocenters. The summed E-state index contributed by atoms with van der Waals surface area (Å²) in [4.78, 5) is 13.6. The van der Waals surface area contributed by atoms with Crippen LogP contribution in [0.25, 0.3) is 0 Å². The fourth-order valence-corrected chi connectivity index (χ4v) is 2.30. The number of nitrogens with zero attached hydrogens (tertiary/aromatic N) is 2. The molecule has 20 heavy (non-hydrogen) atoms. The van der Waals surface area contributed by atoms with Crippen LogP contribution in [0.3, 0.4) is 0 Å². The molecule has 0 radical (unpaired) electrons. The molecule has 1 aliphatic heterocycles. The second-order valence-electron chi connectivity index (χ2n) is 7.09. The zero-order valence-electron chi connectivity index (χ0n) is 13.3. The van der Waals surface area contributed by atoms with Crippen LogP contribution in [0.1, 0.15) is 48.0 Å². The number of hydrogen-bond donors (Lipinski definition) is 0. The molecule has 1 fully saturated rings. The summed E-state index contributed by atoms with van der Waals surface area (Å²) in [7, 11) is -1.24. The van der Waals surface area contributed by atoms with E-state index in [1.807, 2.05) is 41.5 Å². The summed E-state index contributed by atoms with van der Waals surface area (Å²) in [5.41, 5.74) is -0.475. The molecular formula is C14H26N2O3S. The number of hydrogen-bond acceptors (Lipinski definition) is 3. The van der Waals surface area contributed by atoms with Crippen molar-refractivity contribution in [3.8, 4) is 0 Å². The van der Waals surface area contributed by atoms with E-state index in [1.54, 1.807) is 11.1 Å². The SMILES string of the molecule is CC(C)(C)OC(=O)N1CC[C@@H](C=N[S@@](=O)C(C)(C)C)C1. The van der Waals surface area contributed by atoms with Gasteiger partial charge in [0.2, 0.25) is 0 Å². The van der Waals surface area contributed by atoms with E-state index in [4.69, 9.17) is 4.74 Å². The molecule has 1 aliphatic rings. The van der Waals surface area contributed by atoms with E-state index in [9.17, 15) is 9.00 Å². The van der Waals surface area contributed by atoms with Gasteiger partial charge in [0.25, 0.3) is 0 Å². The maximum Gasteiger partial charge on any atom is 0.410 e. The zero-order valence-corrected chi connectivity index (χ0v) is 14.1. The molecule has 0 unspecified atom stereocenters. The van der Waals surface area contributed by atoms with Crippen LogP contribution in [0, 0.1) is 5.92 Å². The van der Waals surface area contributed by atoms with Gasteiger partial charge in [-0.25, -0.2) is 9.00 Å². The van der Waals surface area contributed by atoms with Crippen LogP contribution < -0.4 is 0 Å². The van der Waals surface area contributed by atoms with E-state index < -0.39 is 16.6 Å². The van der Waals surface area contributed by atoms with Gasteiger partial charge in [0.05, 0.1) is 4.75 Å². The van der Waals surface area contributed by atoms with Crippen molar-refractivity contribution in [2.45, 2.75) is 58.3 Å². The number of rotatable bonds is 2. The lowest BCUT2D eigenvalue weighted by atomic mass is 10.1. The molecule has 0 aromatic heterocycles. The van der Waals surface area contributed by atoms with Crippen LogP contribution in [-0.2, 0) is 15.7 Å². The van der Waals surface area contributed by atoms with Gasteiger partial charge in [-0.2, -0.15) is 4.40 Å². The first kappa shape index (κ1) is 17.1. The molecule has 1 saturated heterocycles. The van der Waals surface area contributed by atoms with Gasteiger partial charge in [-0.05, 0) is 48.0 Å². The standard InChI is InChI=1S/C14H26N2O3S/c1-13(2,3)19-12(17)16-8-7-11(10-16)9-15-20(18)14(4,5)6/h9,11H,7-8,10H2,1-6H3/t11-,20-/m0/s1. The van der Waals surface area contributed by atoms with E-state index in [2.05, 4.69) is 4.40 Å². The molecule has 0 aromatic rings. The number of likely N-dealkylation sites (tertiary alicyclic amines) is 1. The first-order valence-corrected chi connectivity index (χ1v) is 8.04. The summed E-state index contributed by atoms with van der Waals surface area (Å²) >= 11 is 0. The molecule has 0 aliphatic carbocycles. The summed E-state index contributed by atoms with van der Waals surface area (Å²) in [5, 5.41) is 0. The highest BCUT2D eigenvalue weighted by atomic mass is 32.2. The molecule has 5 nitrogen and oxygen atoms in total. The molecule has 0 aromatic carbocycles. The third-order valence-electron chi connectivity index (χ3n) is 2.77. The monoisotopic (exact) mass is 302 g/mol. The van der Waals surface area contributed by atoms with E-state index in [0.717, 1.165) is 6.42 Å². The van der Waals surface area contributed by atoms with Crippen molar-refractivity contribution in [2.75, 3.05) is 13.1 Å². The Balaban J connectivity index is 2.50. The maximum absolute atomic E-state index is 11.9. The highest BCUT2D eigenvalue weighted by Gasteiger charge is 2.29. The lowest BCUT2D eigenvalue weighted by Crippen LogP contribution is -2.35. The minimum Gasteiger partial charge on any atom is -0.444 e. The lowest BCUT2D eigenvalue weighted by molar-refractivity contribution is 0.0292. The lowest BCUT2D eigenvalue weighted by Gasteiger charge is -2.24. The fourth-order valence-electron chi connectivity index (χ4n) is 1.70. The van der Waals surface area contributed by atoms with Gasteiger partial charge in [0.15, 0.2) is 0 Å². The van der Waals surface area contributed by atoms with Crippen LogP contribution in [-0.4, -0.2) is 44.9 Å². The van der Waals surface area contributed by atoms with Gasteiger partial charge in [-0.15, -0.1) is 0 Å². The van der Waals surface area contributed by atoms with Gasteiger partial charge < -0.3 is 9.64 Å². The van der Waals surface area contributed by atoms with Gasteiger partial charge in [-0.3, -0.25) is 0 Å². The molecule has 0 N–H and O–H groups in total. The minimum atomic E-state index is -1.24. The Bertz CT molecular complexity index is 408. The van der Waals surface area contributed by atoms with Crippen LogP contribution in [0.15, 0.2) is 4.40 Å². The summed E-state index contributed by atoms with van der Waals surface area (Å²) in [6.07, 6.45) is 2.28. The Morgan fingerprint density at radius 3 is 2.40 bits per heavy atom. The molecule has 0 saturated carbocycles. The molecule has 0 bridgehead atoms. The predicted molar refractivity (Wildman–Crippen MR) is 82.3 cm³/mol. The minimum absolute atomic E-state index is 0.161. The molecule has 1 rings (SSSR count). The van der Waals surface area contributed by atoms with E-state index in [0.29, 0.717) is 13.1 Å². The molecular weight excluding hydrogens is 276 g/mol. The second-order valence-corrected chi connectivity index (χ2v) is 9.02. The first-order chi connectivity index (χ1) is 8.99. The van der Waals surface area contributed by atoms with E-state index in [1.165, 1.54) is 0 Å².